The van der Waals surface area contributed by atoms with Gasteiger partial charge in [0, 0.05) is 30.7 Å². The third-order valence-electron chi connectivity index (χ3n) is 3.33. The topological polar surface area (TPSA) is 47.4 Å². The summed E-state index contributed by atoms with van der Waals surface area (Å²) in [6.45, 7) is 17.4. The number of likely N-dealkylation sites (tertiary alicyclic amines) is 1. The quantitative estimate of drug-likeness (QED) is 0.825. The van der Waals surface area contributed by atoms with Crippen LogP contribution in [0.2, 0.25) is 0 Å². The second-order valence-electron chi connectivity index (χ2n) is 6.83. The highest BCUT2D eigenvalue weighted by Gasteiger charge is 2.36. The van der Waals surface area contributed by atoms with E-state index < -0.39 is 5.60 Å². The Morgan fingerprint density at radius 3 is 2.32 bits per heavy atom. The summed E-state index contributed by atoms with van der Waals surface area (Å²) >= 11 is 0. The Hall–Kier alpha value is -1.52. The first kappa shape index (κ1) is 18.5. The van der Waals surface area contributed by atoms with E-state index in [4.69, 9.17) is 4.74 Å². The van der Waals surface area contributed by atoms with E-state index in [1.165, 1.54) is 5.69 Å². The van der Waals surface area contributed by atoms with Crippen molar-refractivity contribution >= 4 is 6.09 Å². The highest BCUT2D eigenvalue weighted by molar-refractivity contribution is 5.69. The summed E-state index contributed by atoms with van der Waals surface area (Å²) in [5.74, 6) is 0.367. The molecule has 22 heavy (non-hydrogen) atoms. The zero-order valence-electron chi connectivity index (χ0n) is 15.3. The van der Waals surface area contributed by atoms with Crippen LogP contribution in [-0.2, 0) is 4.74 Å². The molecule has 1 amide bonds. The predicted molar refractivity (Wildman–Crippen MR) is 89.2 cm³/mol. The molecule has 1 aromatic rings. The van der Waals surface area contributed by atoms with Gasteiger partial charge >= 0.3 is 6.09 Å². The maximum Gasteiger partial charge on any atom is 0.410 e. The van der Waals surface area contributed by atoms with Crippen LogP contribution in [0.25, 0.3) is 0 Å². The molecule has 1 aromatic heterocycles. The number of carbonyl (C=O) groups excluding carboxylic acids is 1. The molecule has 1 aliphatic rings. The molecule has 0 atom stereocenters. The van der Waals surface area contributed by atoms with Gasteiger partial charge in [-0.25, -0.2) is 4.79 Å². The number of carbonyl (C=O) groups is 1. The molecule has 0 spiro atoms. The standard InChI is InChI=1S/C15H25N3O2.C2H6/c1-10(2)18-13(7-11(3)16-18)12-8-17(9-12)14(19)20-15(4,5)6;1-2/h7,10,12H,8-9H2,1-6H3;1-2H3. The molecule has 0 N–H and O–H groups in total. The maximum atomic E-state index is 11.9. The fraction of sp³-hybridized carbons (Fsp3) is 0.765. The fourth-order valence-corrected chi connectivity index (χ4v) is 2.40. The van der Waals surface area contributed by atoms with Crippen molar-refractivity contribution in [3.63, 3.8) is 0 Å². The Balaban J connectivity index is 0.00000116. The second-order valence-corrected chi connectivity index (χ2v) is 6.83. The molecule has 1 saturated heterocycles. The summed E-state index contributed by atoms with van der Waals surface area (Å²) in [5.41, 5.74) is 1.82. The Morgan fingerprint density at radius 1 is 1.32 bits per heavy atom. The van der Waals surface area contributed by atoms with Gasteiger partial charge in [0.25, 0.3) is 0 Å². The Labute approximate surface area is 134 Å². The number of aryl methyl sites for hydroxylation is 1. The van der Waals surface area contributed by atoms with E-state index in [1.54, 1.807) is 4.90 Å². The molecule has 0 unspecified atom stereocenters. The lowest BCUT2D eigenvalue weighted by Gasteiger charge is -2.40. The van der Waals surface area contributed by atoms with E-state index in [1.807, 2.05) is 41.5 Å². The normalized spacial score (nSPS) is 15.2. The highest BCUT2D eigenvalue weighted by Crippen LogP contribution is 2.30. The van der Waals surface area contributed by atoms with Crippen molar-refractivity contribution in [2.45, 2.75) is 73.0 Å². The molecule has 0 bridgehead atoms. The van der Waals surface area contributed by atoms with Crippen molar-refractivity contribution in [3.05, 3.63) is 17.5 Å². The summed E-state index contributed by atoms with van der Waals surface area (Å²) in [4.78, 5) is 13.7. The minimum absolute atomic E-state index is 0.221. The Kier molecular flexibility index (Phi) is 6.03. The van der Waals surface area contributed by atoms with Crippen LogP contribution in [-0.4, -0.2) is 39.5 Å². The lowest BCUT2D eigenvalue weighted by atomic mass is 9.96. The van der Waals surface area contributed by atoms with Crippen molar-refractivity contribution in [2.24, 2.45) is 0 Å². The maximum absolute atomic E-state index is 11.9. The molecule has 1 fully saturated rings. The average Bonchev–Trinajstić information content (AvgIpc) is 2.69. The number of hydrogen-bond donors (Lipinski definition) is 0. The molecular formula is C17H31N3O2. The molecule has 126 valence electrons. The third kappa shape index (κ3) is 4.49. The number of ether oxygens (including phenoxy) is 1. The number of nitrogens with zero attached hydrogens (tertiary/aromatic N) is 3. The molecule has 2 heterocycles. The summed E-state index contributed by atoms with van der Waals surface area (Å²) in [6, 6.07) is 2.46. The van der Waals surface area contributed by atoms with Crippen LogP contribution in [0.15, 0.2) is 6.07 Å². The van der Waals surface area contributed by atoms with Crippen LogP contribution < -0.4 is 0 Å². The molecule has 0 aliphatic carbocycles. The van der Waals surface area contributed by atoms with Gasteiger partial charge in [0.05, 0.1) is 5.69 Å². The lowest BCUT2D eigenvalue weighted by molar-refractivity contribution is 0.00743. The van der Waals surface area contributed by atoms with E-state index in [-0.39, 0.29) is 6.09 Å². The molecule has 0 aromatic carbocycles. The molecule has 0 saturated carbocycles. The summed E-state index contributed by atoms with van der Waals surface area (Å²) in [5, 5.41) is 4.52. The van der Waals surface area contributed by atoms with E-state index in [9.17, 15) is 4.79 Å². The van der Waals surface area contributed by atoms with Gasteiger partial charge in [-0.1, -0.05) is 13.8 Å². The first-order chi connectivity index (χ1) is 10.2. The van der Waals surface area contributed by atoms with Crippen molar-refractivity contribution < 1.29 is 9.53 Å². The van der Waals surface area contributed by atoms with Gasteiger partial charge < -0.3 is 9.64 Å². The van der Waals surface area contributed by atoms with E-state index >= 15 is 0 Å². The Morgan fingerprint density at radius 2 is 1.86 bits per heavy atom. The van der Waals surface area contributed by atoms with Crippen molar-refractivity contribution in [2.75, 3.05) is 13.1 Å². The number of rotatable bonds is 2. The smallest absolute Gasteiger partial charge is 0.410 e. The molecule has 5 nitrogen and oxygen atoms in total. The van der Waals surface area contributed by atoms with Crippen molar-refractivity contribution in [3.8, 4) is 0 Å². The second kappa shape index (κ2) is 7.16. The predicted octanol–water partition coefficient (Wildman–Crippen LogP) is 4.13. The number of hydrogen-bond acceptors (Lipinski definition) is 3. The molecule has 5 heteroatoms. The fourth-order valence-electron chi connectivity index (χ4n) is 2.40. The zero-order valence-corrected chi connectivity index (χ0v) is 15.3. The summed E-state index contributed by atoms with van der Waals surface area (Å²) in [7, 11) is 0. The number of amides is 1. The van der Waals surface area contributed by atoms with Crippen LogP contribution in [0.1, 0.15) is 71.8 Å². The van der Waals surface area contributed by atoms with Gasteiger partial charge in [-0.15, -0.1) is 0 Å². The van der Waals surface area contributed by atoms with Gasteiger partial charge in [0.15, 0.2) is 0 Å². The van der Waals surface area contributed by atoms with E-state index in [0.29, 0.717) is 25.0 Å². The van der Waals surface area contributed by atoms with E-state index in [2.05, 4.69) is 29.7 Å². The SMILES string of the molecule is CC.Cc1cc(C2CN(C(=O)OC(C)(C)C)C2)n(C(C)C)n1. The van der Waals surface area contributed by atoms with Gasteiger partial charge in [0.1, 0.15) is 5.60 Å². The molecular weight excluding hydrogens is 278 g/mol. The van der Waals surface area contributed by atoms with E-state index in [0.717, 1.165) is 5.69 Å². The first-order valence-electron chi connectivity index (χ1n) is 8.21. The van der Waals surface area contributed by atoms with Crippen LogP contribution in [0.3, 0.4) is 0 Å². The lowest BCUT2D eigenvalue weighted by Crippen LogP contribution is -2.50. The zero-order chi connectivity index (χ0) is 17.1. The minimum Gasteiger partial charge on any atom is -0.444 e. The summed E-state index contributed by atoms with van der Waals surface area (Å²) in [6.07, 6.45) is -0.221. The van der Waals surface area contributed by atoms with Crippen LogP contribution in [0.4, 0.5) is 4.79 Å². The molecule has 1 aliphatic heterocycles. The van der Waals surface area contributed by atoms with Gasteiger partial charge in [-0.05, 0) is 47.6 Å². The molecule has 0 radical (unpaired) electrons. The van der Waals surface area contributed by atoms with Crippen molar-refractivity contribution in [1.82, 2.24) is 14.7 Å². The first-order valence-corrected chi connectivity index (χ1v) is 8.21. The highest BCUT2D eigenvalue weighted by atomic mass is 16.6. The largest absolute Gasteiger partial charge is 0.444 e. The summed E-state index contributed by atoms with van der Waals surface area (Å²) < 4.78 is 7.44. The van der Waals surface area contributed by atoms with Crippen LogP contribution >= 0.6 is 0 Å². The van der Waals surface area contributed by atoms with Crippen LogP contribution in [0, 0.1) is 6.92 Å². The van der Waals surface area contributed by atoms with Crippen LogP contribution in [0.5, 0.6) is 0 Å². The van der Waals surface area contributed by atoms with Gasteiger partial charge in [-0.3, -0.25) is 4.68 Å². The third-order valence-corrected chi connectivity index (χ3v) is 3.33. The van der Waals surface area contributed by atoms with Gasteiger partial charge in [0.2, 0.25) is 0 Å². The minimum atomic E-state index is -0.432. The Bertz CT molecular complexity index is 494. The van der Waals surface area contributed by atoms with Gasteiger partial charge in [-0.2, -0.15) is 5.10 Å². The average molecular weight is 309 g/mol. The number of aromatic nitrogens is 2. The molecule has 2 rings (SSSR count). The monoisotopic (exact) mass is 309 g/mol. The van der Waals surface area contributed by atoms with Crippen molar-refractivity contribution in [1.29, 1.82) is 0 Å².